The van der Waals surface area contributed by atoms with Gasteiger partial charge in [-0.15, -0.1) is 0 Å². The quantitative estimate of drug-likeness (QED) is 0.423. The van der Waals surface area contributed by atoms with Crippen LogP contribution in [0, 0.1) is 28.6 Å². The summed E-state index contributed by atoms with van der Waals surface area (Å²) in [6.45, 7) is 6.82. The van der Waals surface area contributed by atoms with Gasteiger partial charge in [-0.1, -0.05) is 61.9 Å². The normalized spacial score (nSPS) is 35.3. The molecule has 6 heteroatoms. The first kappa shape index (κ1) is 23.5. The van der Waals surface area contributed by atoms with E-state index in [9.17, 15) is 4.79 Å². The Balaban J connectivity index is 1.28. The summed E-state index contributed by atoms with van der Waals surface area (Å²) in [4.78, 5) is 18.5. The lowest BCUT2D eigenvalue weighted by molar-refractivity contribution is -0.158. The molecule has 0 unspecified atom stereocenters. The average molecular weight is 511 g/mol. The molecule has 1 N–H and O–H groups in total. The number of nitrogens with zero attached hydrogens (tertiary/aromatic N) is 1. The Kier molecular flexibility index (Phi) is 5.80. The van der Waals surface area contributed by atoms with Crippen molar-refractivity contribution in [2.24, 2.45) is 28.6 Å². The molecular formula is C29H35ClN2O2S. The molecule has 1 aromatic heterocycles. The number of hydrogen-bond acceptors (Lipinski definition) is 5. The van der Waals surface area contributed by atoms with Crippen molar-refractivity contribution in [3.8, 4) is 0 Å². The molecule has 0 saturated heterocycles. The lowest BCUT2D eigenvalue weighted by Gasteiger charge is -2.56. The number of ether oxygens (including phenoxy) is 1. The van der Waals surface area contributed by atoms with Gasteiger partial charge in [0.25, 0.3) is 0 Å². The number of para-hydroxylation sites is 1. The number of carbonyl (C=O) groups is 1. The summed E-state index contributed by atoms with van der Waals surface area (Å²) in [5, 5.41) is 5.11. The van der Waals surface area contributed by atoms with Crippen LogP contribution in [0.3, 0.4) is 0 Å². The number of esters is 1. The molecule has 2 aromatic rings. The molecule has 4 nitrogen and oxygen atoms in total. The standard InChI is InChI=1S/C29H35ClN2O2S/c1-4-25(33)34-24-12-11-18-17-9-10-20-26-23(14-16-28(20,2)19(17)13-15-29(18,24)3)32-27(35-26)31-22-8-6-5-7-21(22)30/h5-8,10,17-19,24H,4,9,11-16H2,1-3H3,(H,31,32)/t17-,18-,19-,24-,28+,29-/m0/s1. The highest BCUT2D eigenvalue weighted by molar-refractivity contribution is 7.16. The van der Waals surface area contributed by atoms with Gasteiger partial charge < -0.3 is 10.1 Å². The molecule has 0 aliphatic heterocycles. The summed E-state index contributed by atoms with van der Waals surface area (Å²) < 4.78 is 5.97. The molecule has 0 amide bonds. The SMILES string of the molecule is CCC(=O)O[C@H]1CC[C@H]2[C@@H]3CC=C4c5sc(Nc6ccccc6Cl)nc5CC[C@]4(C)[C@H]3CC[C@]12C. The third-order valence-electron chi connectivity index (χ3n) is 9.88. The maximum Gasteiger partial charge on any atom is 0.305 e. The van der Waals surface area contributed by atoms with E-state index in [0.29, 0.717) is 24.2 Å². The van der Waals surface area contributed by atoms with Crippen molar-refractivity contribution in [3.05, 3.63) is 45.9 Å². The van der Waals surface area contributed by atoms with Gasteiger partial charge in [0.15, 0.2) is 5.13 Å². The van der Waals surface area contributed by atoms with Crippen molar-refractivity contribution in [1.82, 2.24) is 4.98 Å². The first-order chi connectivity index (χ1) is 16.8. The van der Waals surface area contributed by atoms with Crippen LogP contribution in [0.15, 0.2) is 30.3 Å². The monoisotopic (exact) mass is 510 g/mol. The van der Waals surface area contributed by atoms with E-state index in [0.717, 1.165) is 41.5 Å². The Morgan fingerprint density at radius 1 is 1.20 bits per heavy atom. The molecule has 186 valence electrons. The predicted octanol–water partition coefficient (Wildman–Crippen LogP) is 8.04. The number of carbonyl (C=O) groups excluding carboxylic acids is 1. The third-order valence-corrected chi connectivity index (χ3v) is 11.3. The van der Waals surface area contributed by atoms with Gasteiger partial charge in [-0.05, 0) is 85.8 Å². The maximum absolute atomic E-state index is 12.1. The Labute approximate surface area is 217 Å². The second kappa shape index (κ2) is 8.62. The molecule has 2 fully saturated rings. The van der Waals surface area contributed by atoms with Crippen LogP contribution in [0.25, 0.3) is 5.57 Å². The largest absolute Gasteiger partial charge is 0.462 e. The van der Waals surface area contributed by atoms with Crippen LogP contribution >= 0.6 is 22.9 Å². The number of allylic oxidation sites excluding steroid dienone is 2. The minimum Gasteiger partial charge on any atom is -0.462 e. The van der Waals surface area contributed by atoms with E-state index in [1.807, 2.05) is 31.2 Å². The van der Waals surface area contributed by atoms with Gasteiger partial charge in [-0.25, -0.2) is 4.98 Å². The Morgan fingerprint density at radius 2 is 2.03 bits per heavy atom. The van der Waals surface area contributed by atoms with Crippen molar-refractivity contribution in [2.75, 3.05) is 5.32 Å². The van der Waals surface area contributed by atoms with Crippen LogP contribution < -0.4 is 5.32 Å². The van der Waals surface area contributed by atoms with Gasteiger partial charge in [-0.3, -0.25) is 4.79 Å². The zero-order chi connectivity index (χ0) is 24.4. The molecule has 0 radical (unpaired) electrons. The topological polar surface area (TPSA) is 51.2 Å². The number of halogens is 1. The number of rotatable bonds is 4. The van der Waals surface area contributed by atoms with Crippen molar-refractivity contribution < 1.29 is 9.53 Å². The number of hydrogen-bond donors (Lipinski definition) is 1. The minimum atomic E-state index is -0.0389. The summed E-state index contributed by atoms with van der Waals surface area (Å²) in [6, 6.07) is 7.86. The summed E-state index contributed by atoms with van der Waals surface area (Å²) in [6.07, 6.45) is 11.1. The van der Waals surface area contributed by atoms with E-state index >= 15 is 0 Å². The lowest BCUT2D eigenvalue weighted by atomic mass is 9.48. The molecule has 6 rings (SSSR count). The fourth-order valence-electron chi connectivity index (χ4n) is 7.99. The molecule has 6 atom stereocenters. The number of anilines is 2. The van der Waals surface area contributed by atoms with Crippen LogP contribution in [0.1, 0.15) is 76.3 Å². The molecule has 1 aromatic carbocycles. The summed E-state index contributed by atoms with van der Waals surface area (Å²) in [5.74, 6) is 1.98. The summed E-state index contributed by atoms with van der Waals surface area (Å²) in [7, 11) is 0. The molecule has 4 aliphatic rings. The van der Waals surface area contributed by atoms with Crippen LogP contribution in [-0.2, 0) is 16.0 Å². The molecule has 35 heavy (non-hydrogen) atoms. The lowest BCUT2D eigenvalue weighted by Crippen LogP contribution is -2.50. The number of thiazole rings is 1. The summed E-state index contributed by atoms with van der Waals surface area (Å²) >= 11 is 8.17. The van der Waals surface area contributed by atoms with E-state index < -0.39 is 0 Å². The second-order valence-corrected chi connectivity index (χ2v) is 12.9. The number of aromatic nitrogens is 1. The first-order valence-electron chi connectivity index (χ1n) is 13.2. The number of aryl methyl sites for hydroxylation is 1. The smallest absolute Gasteiger partial charge is 0.305 e. The zero-order valence-corrected chi connectivity index (χ0v) is 22.5. The highest BCUT2D eigenvalue weighted by Gasteiger charge is 2.60. The number of fused-ring (bicyclic) bond motifs is 7. The highest BCUT2D eigenvalue weighted by Crippen LogP contribution is 2.66. The zero-order valence-electron chi connectivity index (χ0n) is 20.9. The third kappa shape index (κ3) is 3.68. The Morgan fingerprint density at radius 3 is 2.83 bits per heavy atom. The van der Waals surface area contributed by atoms with Gasteiger partial charge in [0.05, 0.1) is 21.3 Å². The fourth-order valence-corrected chi connectivity index (χ4v) is 9.38. The van der Waals surface area contributed by atoms with Gasteiger partial charge in [0.1, 0.15) is 6.10 Å². The van der Waals surface area contributed by atoms with Crippen LogP contribution in [0.5, 0.6) is 0 Å². The van der Waals surface area contributed by atoms with Crippen molar-refractivity contribution in [1.29, 1.82) is 0 Å². The number of benzene rings is 1. The Hall–Kier alpha value is -1.85. The van der Waals surface area contributed by atoms with Crippen LogP contribution in [-0.4, -0.2) is 17.1 Å². The molecule has 2 saturated carbocycles. The van der Waals surface area contributed by atoms with Crippen molar-refractivity contribution in [3.63, 3.8) is 0 Å². The summed E-state index contributed by atoms with van der Waals surface area (Å²) in [5.41, 5.74) is 4.00. The van der Waals surface area contributed by atoms with Gasteiger partial charge >= 0.3 is 5.97 Å². The second-order valence-electron chi connectivity index (χ2n) is 11.5. The van der Waals surface area contributed by atoms with E-state index in [2.05, 4.69) is 25.2 Å². The van der Waals surface area contributed by atoms with E-state index in [1.165, 1.54) is 35.4 Å². The van der Waals surface area contributed by atoms with Gasteiger partial charge in [0, 0.05) is 11.8 Å². The van der Waals surface area contributed by atoms with E-state index in [-0.39, 0.29) is 22.9 Å². The highest BCUT2D eigenvalue weighted by atomic mass is 35.5. The van der Waals surface area contributed by atoms with Crippen LogP contribution in [0.4, 0.5) is 10.8 Å². The molecule has 1 heterocycles. The molecule has 4 aliphatic carbocycles. The maximum atomic E-state index is 12.1. The number of nitrogens with one attached hydrogen (secondary N) is 1. The van der Waals surface area contributed by atoms with E-state index in [4.69, 9.17) is 21.3 Å². The average Bonchev–Trinajstić information content (AvgIpc) is 3.40. The van der Waals surface area contributed by atoms with Gasteiger partial charge in [-0.2, -0.15) is 0 Å². The van der Waals surface area contributed by atoms with Crippen molar-refractivity contribution >= 4 is 45.3 Å². The molecule has 0 spiro atoms. The predicted molar refractivity (Wildman–Crippen MR) is 143 cm³/mol. The van der Waals surface area contributed by atoms with Crippen LogP contribution in [0.2, 0.25) is 5.02 Å². The Bertz CT molecular complexity index is 1190. The van der Waals surface area contributed by atoms with E-state index in [1.54, 1.807) is 11.3 Å². The fraction of sp³-hybridized carbons (Fsp3) is 0.586. The van der Waals surface area contributed by atoms with Crippen molar-refractivity contribution in [2.45, 2.75) is 78.2 Å². The molecule has 0 bridgehead atoms. The minimum absolute atomic E-state index is 0.0389. The van der Waals surface area contributed by atoms with Gasteiger partial charge in [0.2, 0.25) is 0 Å². The first-order valence-corrected chi connectivity index (χ1v) is 14.4. The molecular weight excluding hydrogens is 476 g/mol.